The number of carbonyl (C=O) groups is 3. The summed E-state index contributed by atoms with van der Waals surface area (Å²) in [5.74, 6) is -3.25. The third-order valence-corrected chi connectivity index (χ3v) is 7.31. The number of pyridine rings is 3. The molecule has 1 saturated heterocycles. The Bertz CT molecular complexity index is 1340. The molecule has 4 heterocycles. The lowest BCUT2D eigenvalue weighted by Crippen LogP contribution is -2.47. The molecule has 3 aromatic heterocycles. The zero-order valence-electron chi connectivity index (χ0n) is 23.1. The molecule has 0 bridgehead atoms. The summed E-state index contributed by atoms with van der Waals surface area (Å²) in [6.45, 7) is 8.86. The van der Waals surface area contributed by atoms with Crippen LogP contribution in [0.5, 0.6) is 0 Å². The molecule has 0 aliphatic carbocycles. The molecule has 0 saturated carbocycles. The molecule has 0 aromatic carbocycles. The van der Waals surface area contributed by atoms with Gasteiger partial charge in [-0.3, -0.25) is 14.7 Å². The van der Waals surface area contributed by atoms with E-state index in [2.05, 4.69) is 29.7 Å². The summed E-state index contributed by atoms with van der Waals surface area (Å²) in [4.78, 5) is 54.2. The topological polar surface area (TPSA) is 160 Å². The Morgan fingerprint density at radius 2 is 1.02 bits per heavy atom. The van der Waals surface area contributed by atoms with Crippen LogP contribution in [0, 0.1) is 0 Å². The van der Waals surface area contributed by atoms with Crippen molar-refractivity contribution in [2.45, 2.75) is 32.5 Å². The Hall–Kier alpha value is -4.26. The van der Waals surface area contributed by atoms with Gasteiger partial charge in [0.25, 0.3) is 0 Å². The highest BCUT2D eigenvalue weighted by atomic mass is 16.4. The minimum atomic E-state index is -1.09. The van der Waals surface area contributed by atoms with Crippen molar-refractivity contribution in [3.8, 4) is 0 Å². The molecular formula is C29H34N6O6. The van der Waals surface area contributed by atoms with Gasteiger partial charge in [-0.15, -0.1) is 0 Å². The van der Waals surface area contributed by atoms with Crippen LogP contribution in [0.1, 0.15) is 62.4 Å². The lowest BCUT2D eigenvalue weighted by molar-refractivity contribution is 0.0675. The Morgan fingerprint density at radius 3 is 1.46 bits per heavy atom. The number of carboxylic acid groups (broad SMARTS) is 3. The monoisotopic (exact) mass is 562 g/mol. The van der Waals surface area contributed by atoms with Crippen molar-refractivity contribution in [2.24, 2.45) is 0 Å². The lowest BCUT2D eigenvalue weighted by Gasteiger charge is -2.39. The van der Waals surface area contributed by atoms with E-state index in [1.807, 2.05) is 19.9 Å². The Labute approximate surface area is 237 Å². The van der Waals surface area contributed by atoms with Gasteiger partial charge < -0.3 is 15.3 Å². The molecule has 0 unspecified atom stereocenters. The fourth-order valence-electron chi connectivity index (χ4n) is 4.91. The van der Waals surface area contributed by atoms with Crippen LogP contribution in [0.2, 0.25) is 0 Å². The second kappa shape index (κ2) is 12.9. The zero-order valence-corrected chi connectivity index (χ0v) is 23.1. The normalized spacial score (nSPS) is 16.0. The van der Waals surface area contributed by atoms with Gasteiger partial charge in [-0.2, -0.15) is 0 Å². The molecule has 216 valence electrons. The van der Waals surface area contributed by atoms with Crippen molar-refractivity contribution in [2.75, 3.05) is 39.3 Å². The molecular weight excluding hydrogens is 528 g/mol. The van der Waals surface area contributed by atoms with Gasteiger partial charge in [0.15, 0.2) is 0 Å². The van der Waals surface area contributed by atoms with Gasteiger partial charge in [0, 0.05) is 52.4 Å². The third kappa shape index (κ3) is 7.69. The van der Waals surface area contributed by atoms with Crippen LogP contribution >= 0.6 is 0 Å². The molecule has 0 atom stereocenters. The van der Waals surface area contributed by atoms with E-state index in [1.54, 1.807) is 30.3 Å². The molecule has 4 rings (SSSR count). The van der Waals surface area contributed by atoms with Crippen LogP contribution in [0.4, 0.5) is 0 Å². The first-order valence-corrected chi connectivity index (χ1v) is 13.3. The molecule has 12 nitrogen and oxygen atoms in total. The van der Waals surface area contributed by atoms with Crippen molar-refractivity contribution < 1.29 is 29.7 Å². The first-order chi connectivity index (χ1) is 19.5. The molecule has 3 N–H and O–H groups in total. The fourth-order valence-corrected chi connectivity index (χ4v) is 4.91. The standard InChI is InChI=1S/C29H34N6O6/c1-29(2,25-11-5-10-24(32-25)28(40)41)35-16-14-33(18-20-6-3-8-22(30-20)26(36)37)12-13-34(15-17-35)19-21-7-4-9-23(31-21)27(38)39/h3-11H,12-19H2,1-2H3,(H,36,37)(H,38,39)(H,40,41). The van der Waals surface area contributed by atoms with Crippen LogP contribution in [0.25, 0.3) is 0 Å². The van der Waals surface area contributed by atoms with Gasteiger partial charge in [-0.1, -0.05) is 18.2 Å². The van der Waals surface area contributed by atoms with Gasteiger partial charge in [0.05, 0.1) is 22.6 Å². The molecule has 3 aromatic rings. The lowest BCUT2D eigenvalue weighted by atomic mass is 9.96. The van der Waals surface area contributed by atoms with Gasteiger partial charge in [0.2, 0.25) is 0 Å². The molecule has 0 amide bonds. The molecule has 41 heavy (non-hydrogen) atoms. The summed E-state index contributed by atoms with van der Waals surface area (Å²) in [5, 5.41) is 28.2. The second-order valence-corrected chi connectivity index (χ2v) is 10.5. The highest BCUT2D eigenvalue weighted by molar-refractivity contribution is 5.86. The predicted molar refractivity (Wildman–Crippen MR) is 149 cm³/mol. The van der Waals surface area contributed by atoms with E-state index in [0.717, 1.165) is 0 Å². The summed E-state index contributed by atoms with van der Waals surface area (Å²) in [5.41, 5.74) is 1.30. The van der Waals surface area contributed by atoms with E-state index >= 15 is 0 Å². The van der Waals surface area contributed by atoms with Crippen molar-refractivity contribution in [1.29, 1.82) is 0 Å². The van der Waals surface area contributed by atoms with Crippen molar-refractivity contribution in [3.05, 3.63) is 88.8 Å². The number of hydrogen-bond donors (Lipinski definition) is 3. The molecule has 1 aliphatic rings. The number of aromatic carboxylic acids is 3. The van der Waals surface area contributed by atoms with Gasteiger partial charge in [-0.05, 0) is 50.2 Å². The smallest absolute Gasteiger partial charge is 0.354 e. The van der Waals surface area contributed by atoms with E-state index < -0.39 is 23.4 Å². The van der Waals surface area contributed by atoms with Crippen LogP contribution in [0.3, 0.4) is 0 Å². The largest absolute Gasteiger partial charge is 0.477 e. The maximum Gasteiger partial charge on any atom is 0.354 e. The summed E-state index contributed by atoms with van der Waals surface area (Å²) in [6, 6.07) is 14.9. The highest BCUT2D eigenvalue weighted by Gasteiger charge is 2.32. The Morgan fingerprint density at radius 1 is 0.634 bits per heavy atom. The van der Waals surface area contributed by atoms with Crippen LogP contribution in [-0.2, 0) is 18.6 Å². The summed E-state index contributed by atoms with van der Waals surface area (Å²) >= 11 is 0. The number of aromatic nitrogens is 3. The number of nitrogens with zero attached hydrogens (tertiary/aromatic N) is 6. The molecule has 0 radical (unpaired) electrons. The summed E-state index contributed by atoms with van der Waals surface area (Å²) in [6.07, 6.45) is 0. The average Bonchev–Trinajstić information content (AvgIpc) is 3.04. The van der Waals surface area contributed by atoms with E-state index in [1.165, 1.54) is 18.2 Å². The first kappa shape index (κ1) is 29.7. The number of rotatable bonds is 9. The van der Waals surface area contributed by atoms with Crippen LogP contribution in [-0.4, -0.2) is 102 Å². The fraction of sp³-hybridized carbons (Fsp3) is 0.379. The maximum atomic E-state index is 11.6. The van der Waals surface area contributed by atoms with Crippen molar-refractivity contribution in [1.82, 2.24) is 29.7 Å². The summed E-state index contributed by atoms with van der Waals surface area (Å²) < 4.78 is 0. The highest BCUT2D eigenvalue weighted by Crippen LogP contribution is 2.27. The number of carboxylic acids is 3. The SMILES string of the molecule is CC(C)(c1cccc(C(=O)O)n1)N1CCN(Cc2cccc(C(=O)O)n2)CCN(Cc2cccc(C(=O)O)n2)CC1. The van der Waals surface area contributed by atoms with Gasteiger partial charge in [0.1, 0.15) is 17.1 Å². The maximum absolute atomic E-state index is 11.6. The van der Waals surface area contributed by atoms with Crippen molar-refractivity contribution in [3.63, 3.8) is 0 Å². The van der Waals surface area contributed by atoms with E-state index in [4.69, 9.17) is 0 Å². The summed E-state index contributed by atoms with van der Waals surface area (Å²) in [7, 11) is 0. The van der Waals surface area contributed by atoms with Gasteiger partial charge in [-0.25, -0.2) is 29.3 Å². The molecule has 1 aliphatic heterocycles. The van der Waals surface area contributed by atoms with Crippen molar-refractivity contribution >= 4 is 17.9 Å². The predicted octanol–water partition coefficient (Wildman–Crippen LogP) is 2.52. The quantitative estimate of drug-likeness (QED) is 0.350. The van der Waals surface area contributed by atoms with Crippen LogP contribution < -0.4 is 0 Å². The second-order valence-electron chi connectivity index (χ2n) is 10.5. The van der Waals surface area contributed by atoms with E-state index in [-0.39, 0.29) is 17.1 Å². The molecule has 0 spiro atoms. The average molecular weight is 563 g/mol. The minimum Gasteiger partial charge on any atom is -0.477 e. The van der Waals surface area contributed by atoms with E-state index in [9.17, 15) is 29.7 Å². The van der Waals surface area contributed by atoms with Gasteiger partial charge >= 0.3 is 17.9 Å². The Balaban J connectivity index is 1.60. The zero-order chi connectivity index (χ0) is 29.6. The third-order valence-electron chi connectivity index (χ3n) is 7.31. The first-order valence-electron chi connectivity index (χ1n) is 13.3. The van der Waals surface area contributed by atoms with E-state index in [0.29, 0.717) is 69.4 Å². The van der Waals surface area contributed by atoms with Crippen LogP contribution in [0.15, 0.2) is 54.6 Å². The molecule has 12 heteroatoms. The minimum absolute atomic E-state index is 0.00933. The number of hydrogen-bond acceptors (Lipinski definition) is 9. The Kier molecular flexibility index (Phi) is 9.38. The molecule has 1 fully saturated rings.